The van der Waals surface area contributed by atoms with Gasteiger partial charge in [-0.05, 0) is 38.1 Å². The summed E-state index contributed by atoms with van der Waals surface area (Å²) in [6, 6.07) is 8.46. The van der Waals surface area contributed by atoms with Crippen molar-refractivity contribution in [3.8, 4) is 0 Å². The third kappa shape index (κ3) is 1.56. The zero-order valence-corrected chi connectivity index (χ0v) is 8.77. The molecule has 2 nitrogen and oxygen atoms in total. The molecule has 14 heavy (non-hydrogen) atoms. The molecule has 0 aliphatic heterocycles. The Morgan fingerprint density at radius 2 is 2.00 bits per heavy atom. The molecule has 0 aromatic heterocycles. The molecule has 1 aliphatic rings. The van der Waals surface area contributed by atoms with Gasteiger partial charge < -0.3 is 10.0 Å². The molecule has 0 saturated carbocycles. The lowest BCUT2D eigenvalue weighted by Gasteiger charge is -2.34. The van der Waals surface area contributed by atoms with Gasteiger partial charge in [0.2, 0.25) is 0 Å². The number of fused-ring (bicyclic) bond motifs is 1. The second kappa shape index (κ2) is 3.71. The van der Waals surface area contributed by atoms with E-state index in [0.29, 0.717) is 0 Å². The largest absolute Gasteiger partial charge is 0.387 e. The monoisotopic (exact) mass is 191 g/mol. The summed E-state index contributed by atoms with van der Waals surface area (Å²) in [6.07, 6.45) is 1.80. The van der Waals surface area contributed by atoms with Crippen molar-refractivity contribution >= 4 is 0 Å². The first-order chi connectivity index (χ1) is 6.70. The van der Waals surface area contributed by atoms with Gasteiger partial charge in [0.15, 0.2) is 0 Å². The van der Waals surface area contributed by atoms with Crippen molar-refractivity contribution in [1.29, 1.82) is 0 Å². The highest BCUT2D eigenvalue weighted by atomic mass is 16.3. The van der Waals surface area contributed by atoms with Crippen molar-refractivity contribution in [2.24, 2.45) is 0 Å². The summed E-state index contributed by atoms with van der Waals surface area (Å²) in [5, 5.41) is 10.1. The van der Waals surface area contributed by atoms with Gasteiger partial charge in [-0.2, -0.15) is 0 Å². The lowest BCUT2D eigenvalue weighted by Crippen LogP contribution is -2.37. The molecule has 2 heteroatoms. The molecular formula is C12H17NO. The van der Waals surface area contributed by atoms with Gasteiger partial charge in [-0.3, -0.25) is 0 Å². The van der Waals surface area contributed by atoms with Gasteiger partial charge in [0.05, 0.1) is 6.10 Å². The van der Waals surface area contributed by atoms with Crippen LogP contribution in [0.25, 0.3) is 0 Å². The third-order valence-corrected chi connectivity index (χ3v) is 3.11. The molecule has 2 atom stereocenters. The fourth-order valence-electron chi connectivity index (χ4n) is 2.26. The lowest BCUT2D eigenvalue weighted by molar-refractivity contribution is 0.0628. The predicted octanol–water partition coefficient (Wildman–Crippen LogP) is 1.60. The number of aryl methyl sites for hydroxylation is 1. The molecule has 0 amide bonds. The molecule has 2 rings (SSSR count). The maximum absolute atomic E-state index is 10.1. The second-order valence-corrected chi connectivity index (χ2v) is 4.21. The van der Waals surface area contributed by atoms with E-state index in [1.165, 1.54) is 5.56 Å². The summed E-state index contributed by atoms with van der Waals surface area (Å²) in [5.74, 6) is 0. The van der Waals surface area contributed by atoms with Crippen LogP contribution in [0, 0.1) is 0 Å². The van der Waals surface area contributed by atoms with Crippen molar-refractivity contribution in [2.45, 2.75) is 25.0 Å². The Hall–Kier alpha value is -0.860. The van der Waals surface area contributed by atoms with Gasteiger partial charge in [0.1, 0.15) is 0 Å². The van der Waals surface area contributed by atoms with Crippen LogP contribution in [-0.4, -0.2) is 30.1 Å². The quantitative estimate of drug-likeness (QED) is 0.728. The van der Waals surface area contributed by atoms with Crippen molar-refractivity contribution in [3.05, 3.63) is 35.4 Å². The molecular weight excluding hydrogens is 174 g/mol. The van der Waals surface area contributed by atoms with E-state index in [1.54, 1.807) is 0 Å². The van der Waals surface area contributed by atoms with E-state index in [2.05, 4.69) is 11.0 Å². The van der Waals surface area contributed by atoms with Crippen LogP contribution in [-0.2, 0) is 6.42 Å². The van der Waals surface area contributed by atoms with E-state index in [-0.39, 0.29) is 12.1 Å². The molecule has 1 N–H and O–H groups in total. The van der Waals surface area contributed by atoms with E-state index in [4.69, 9.17) is 0 Å². The Labute approximate surface area is 85.2 Å². The highest BCUT2D eigenvalue weighted by Gasteiger charge is 2.28. The minimum Gasteiger partial charge on any atom is -0.387 e. The van der Waals surface area contributed by atoms with E-state index in [9.17, 15) is 5.11 Å². The van der Waals surface area contributed by atoms with Crippen LogP contribution < -0.4 is 0 Å². The van der Waals surface area contributed by atoms with Crippen molar-refractivity contribution in [3.63, 3.8) is 0 Å². The molecule has 1 aromatic carbocycles. The lowest BCUT2D eigenvalue weighted by atomic mass is 9.85. The van der Waals surface area contributed by atoms with Crippen LogP contribution in [0.5, 0.6) is 0 Å². The first-order valence-electron chi connectivity index (χ1n) is 5.12. The zero-order chi connectivity index (χ0) is 10.1. The number of aliphatic hydroxyl groups is 1. The molecule has 0 fully saturated rings. The van der Waals surface area contributed by atoms with Crippen molar-refractivity contribution in [2.75, 3.05) is 14.1 Å². The Morgan fingerprint density at radius 1 is 1.29 bits per heavy atom. The average molecular weight is 191 g/mol. The van der Waals surface area contributed by atoms with Crippen molar-refractivity contribution < 1.29 is 5.11 Å². The Kier molecular flexibility index (Phi) is 2.57. The topological polar surface area (TPSA) is 23.5 Å². The van der Waals surface area contributed by atoms with E-state index < -0.39 is 0 Å². The van der Waals surface area contributed by atoms with E-state index in [1.807, 2.05) is 32.3 Å². The van der Waals surface area contributed by atoms with Gasteiger partial charge in [-0.1, -0.05) is 24.3 Å². The van der Waals surface area contributed by atoms with E-state index in [0.717, 1.165) is 18.4 Å². The molecule has 76 valence electrons. The van der Waals surface area contributed by atoms with Gasteiger partial charge in [-0.25, -0.2) is 0 Å². The number of nitrogens with zero attached hydrogens (tertiary/aromatic N) is 1. The number of likely N-dealkylation sites (N-methyl/N-ethyl adjacent to an activating group) is 1. The van der Waals surface area contributed by atoms with Gasteiger partial charge in [0, 0.05) is 6.04 Å². The first kappa shape index (κ1) is 9.69. The molecule has 1 aromatic rings. The molecule has 1 aliphatic carbocycles. The number of hydrogen-bond acceptors (Lipinski definition) is 2. The fourth-order valence-corrected chi connectivity index (χ4v) is 2.26. The summed E-state index contributed by atoms with van der Waals surface area (Å²) < 4.78 is 0. The smallest absolute Gasteiger partial charge is 0.0947 e. The molecule has 0 heterocycles. The molecule has 0 saturated heterocycles. The molecule has 0 bridgehead atoms. The fraction of sp³-hybridized carbons (Fsp3) is 0.500. The van der Waals surface area contributed by atoms with Gasteiger partial charge >= 0.3 is 0 Å². The normalized spacial score (nSPS) is 26.3. The summed E-state index contributed by atoms with van der Waals surface area (Å²) in [5.41, 5.74) is 2.41. The average Bonchev–Trinajstić information content (AvgIpc) is 2.18. The molecule has 0 radical (unpaired) electrons. The Morgan fingerprint density at radius 3 is 2.71 bits per heavy atom. The maximum atomic E-state index is 10.1. The zero-order valence-electron chi connectivity index (χ0n) is 8.77. The minimum absolute atomic E-state index is 0.268. The first-order valence-corrected chi connectivity index (χ1v) is 5.12. The standard InChI is InChI=1S/C12H17NO/c1-13(2)11-8-7-9-5-3-4-6-10(9)12(11)14/h3-6,11-12,14H,7-8H2,1-2H3. The third-order valence-electron chi connectivity index (χ3n) is 3.11. The summed E-state index contributed by atoms with van der Waals surface area (Å²) in [7, 11) is 4.06. The van der Waals surface area contributed by atoms with Crippen LogP contribution in [0.15, 0.2) is 24.3 Å². The van der Waals surface area contributed by atoms with Gasteiger partial charge in [0.25, 0.3) is 0 Å². The number of rotatable bonds is 1. The Bertz CT molecular complexity index is 322. The van der Waals surface area contributed by atoms with Crippen LogP contribution in [0.3, 0.4) is 0 Å². The molecule has 0 spiro atoms. The van der Waals surface area contributed by atoms with Crippen LogP contribution in [0.1, 0.15) is 23.7 Å². The van der Waals surface area contributed by atoms with E-state index >= 15 is 0 Å². The maximum Gasteiger partial charge on any atom is 0.0947 e. The highest BCUT2D eigenvalue weighted by Crippen LogP contribution is 2.31. The summed E-state index contributed by atoms with van der Waals surface area (Å²) in [4.78, 5) is 2.11. The minimum atomic E-state index is -0.324. The SMILES string of the molecule is CN(C)C1CCc2ccccc2C1O. The Balaban J connectivity index is 2.31. The second-order valence-electron chi connectivity index (χ2n) is 4.21. The van der Waals surface area contributed by atoms with Crippen LogP contribution >= 0.6 is 0 Å². The summed E-state index contributed by atoms with van der Waals surface area (Å²) in [6.45, 7) is 0. The summed E-state index contributed by atoms with van der Waals surface area (Å²) >= 11 is 0. The molecule has 2 unspecified atom stereocenters. The van der Waals surface area contributed by atoms with Gasteiger partial charge in [-0.15, -0.1) is 0 Å². The number of aliphatic hydroxyl groups excluding tert-OH is 1. The highest BCUT2D eigenvalue weighted by molar-refractivity contribution is 5.32. The van der Waals surface area contributed by atoms with Crippen molar-refractivity contribution in [1.82, 2.24) is 4.90 Å². The number of benzene rings is 1. The van der Waals surface area contributed by atoms with Crippen LogP contribution in [0.4, 0.5) is 0 Å². The number of hydrogen-bond donors (Lipinski definition) is 1. The predicted molar refractivity (Wildman–Crippen MR) is 57.2 cm³/mol. The van der Waals surface area contributed by atoms with Crippen LogP contribution in [0.2, 0.25) is 0 Å².